The molecule has 0 aliphatic carbocycles. The van der Waals surface area contributed by atoms with Crippen LogP contribution < -0.4 is 5.32 Å². The summed E-state index contributed by atoms with van der Waals surface area (Å²) in [5, 5.41) is 3.17. The zero-order valence-corrected chi connectivity index (χ0v) is 12.4. The molecular formula is C14H28N2O. The second-order valence-corrected chi connectivity index (χ2v) is 7.20. The molecule has 1 amide bonds. The fourth-order valence-corrected chi connectivity index (χ4v) is 2.57. The van der Waals surface area contributed by atoms with Gasteiger partial charge in [0.05, 0.1) is 6.04 Å². The summed E-state index contributed by atoms with van der Waals surface area (Å²) >= 11 is 0. The van der Waals surface area contributed by atoms with Gasteiger partial charge in [0.2, 0.25) is 5.91 Å². The predicted octanol–water partition coefficient (Wildman–Crippen LogP) is 2.12. The Morgan fingerprint density at radius 2 is 1.94 bits per heavy atom. The Morgan fingerprint density at radius 1 is 1.41 bits per heavy atom. The molecular weight excluding hydrogens is 212 g/mol. The fraction of sp³-hybridized carbons (Fsp3) is 0.929. The van der Waals surface area contributed by atoms with Gasteiger partial charge in [-0.1, -0.05) is 41.5 Å². The average molecular weight is 240 g/mol. The minimum atomic E-state index is -0.0939. The maximum atomic E-state index is 12.5. The number of hydrogen-bond donors (Lipinski definition) is 1. The van der Waals surface area contributed by atoms with E-state index in [0.717, 1.165) is 13.1 Å². The van der Waals surface area contributed by atoms with E-state index in [2.05, 4.69) is 46.9 Å². The van der Waals surface area contributed by atoms with Crippen LogP contribution in [-0.4, -0.2) is 37.0 Å². The van der Waals surface area contributed by atoms with E-state index >= 15 is 0 Å². The second-order valence-electron chi connectivity index (χ2n) is 7.20. The van der Waals surface area contributed by atoms with Crippen molar-refractivity contribution < 1.29 is 4.79 Å². The van der Waals surface area contributed by atoms with E-state index in [9.17, 15) is 4.79 Å². The van der Waals surface area contributed by atoms with Crippen molar-refractivity contribution in [3.8, 4) is 0 Å². The number of amides is 1. The summed E-state index contributed by atoms with van der Waals surface area (Å²) in [6.07, 6.45) is 0. The Kier molecular flexibility index (Phi) is 3.92. The van der Waals surface area contributed by atoms with Gasteiger partial charge in [0.15, 0.2) is 0 Å². The standard InChI is InChI=1S/C14H28N2O/c1-10-8-16(9-14(10,5)6)12(17)11(15-7)13(2,3)4/h10-11,15H,8-9H2,1-7H3. The predicted molar refractivity (Wildman–Crippen MR) is 71.8 cm³/mol. The van der Waals surface area contributed by atoms with Gasteiger partial charge in [0.1, 0.15) is 0 Å². The fourth-order valence-electron chi connectivity index (χ4n) is 2.57. The molecule has 1 fully saturated rings. The van der Waals surface area contributed by atoms with E-state index in [1.54, 1.807) is 0 Å². The third kappa shape index (κ3) is 3.01. The minimum Gasteiger partial charge on any atom is -0.340 e. The maximum Gasteiger partial charge on any atom is 0.240 e. The van der Waals surface area contributed by atoms with Crippen LogP contribution in [0.2, 0.25) is 0 Å². The lowest BCUT2D eigenvalue weighted by molar-refractivity contribution is -0.135. The quantitative estimate of drug-likeness (QED) is 0.802. The summed E-state index contributed by atoms with van der Waals surface area (Å²) in [7, 11) is 1.87. The van der Waals surface area contributed by atoms with Crippen LogP contribution in [-0.2, 0) is 4.79 Å². The molecule has 0 spiro atoms. The molecule has 0 radical (unpaired) electrons. The minimum absolute atomic E-state index is 0.0399. The molecule has 2 atom stereocenters. The molecule has 0 saturated carbocycles. The summed E-state index contributed by atoms with van der Waals surface area (Å²) in [4.78, 5) is 14.5. The highest BCUT2D eigenvalue weighted by atomic mass is 16.2. The third-order valence-corrected chi connectivity index (χ3v) is 4.14. The molecule has 1 heterocycles. The van der Waals surface area contributed by atoms with Gasteiger partial charge >= 0.3 is 0 Å². The molecule has 0 aromatic carbocycles. The Labute approximate surface area is 106 Å². The molecule has 0 aromatic rings. The topological polar surface area (TPSA) is 32.3 Å². The molecule has 1 N–H and O–H groups in total. The normalized spacial score (nSPS) is 26.1. The molecule has 0 aromatic heterocycles. The SMILES string of the molecule is CNC(C(=O)N1CC(C)C(C)(C)C1)C(C)(C)C. The summed E-state index contributed by atoms with van der Waals surface area (Å²) in [6.45, 7) is 14.8. The smallest absolute Gasteiger partial charge is 0.240 e. The van der Waals surface area contributed by atoms with Crippen LogP contribution in [0.5, 0.6) is 0 Å². The van der Waals surface area contributed by atoms with Crippen molar-refractivity contribution in [3.63, 3.8) is 0 Å². The van der Waals surface area contributed by atoms with Crippen LogP contribution in [0.4, 0.5) is 0 Å². The van der Waals surface area contributed by atoms with Crippen LogP contribution in [0, 0.1) is 16.7 Å². The zero-order chi connectivity index (χ0) is 13.4. The summed E-state index contributed by atoms with van der Waals surface area (Å²) in [5.41, 5.74) is 0.202. The maximum absolute atomic E-state index is 12.5. The van der Waals surface area contributed by atoms with Crippen molar-refractivity contribution in [1.29, 1.82) is 0 Å². The summed E-state index contributed by atoms with van der Waals surface area (Å²) < 4.78 is 0. The molecule has 1 aliphatic heterocycles. The Balaban J connectivity index is 2.79. The number of likely N-dealkylation sites (tertiary alicyclic amines) is 1. The van der Waals surface area contributed by atoms with E-state index < -0.39 is 0 Å². The van der Waals surface area contributed by atoms with Crippen molar-refractivity contribution in [1.82, 2.24) is 10.2 Å². The molecule has 0 bridgehead atoms. The van der Waals surface area contributed by atoms with Crippen LogP contribution in [0.3, 0.4) is 0 Å². The van der Waals surface area contributed by atoms with Crippen molar-refractivity contribution in [2.45, 2.75) is 47.6 Å². The number of nitrogens with one attached hydrogen (secondary N) is 1. The van der Waals surface area contributed by atoms with Gasteiger partial charge in [-0.15, -0.1) is 0 Å². The first-order chi connectivity index (χ1) is 7.59. The Hall–Kier alpha value is -0.570. The first kappa shape index (κ1) is 14.5. The molecule has 3 heteroatoms. The zero-order valence-electron chi connectivity index (χ0n) is 12.4. The van der Waals surface area contributed by atoms with Crippen molar-refractivity contribution in [3.05, 3.63) is 0 Å². The summed E-state index contributed by atoms with van der Waals surface area (Å²) in [5.74, 6) is 0.821. The van der Waals surface area contributed by atoms with Crippen molar-refractivity contribution in [2.75, 3.05) is 20.1 Å². The highest BCUT2D eigenvalue weighted by Gasteiger charge is 2.42. The lowest BCUT2D eigenvalue weighted by Gasteiger charge is -2.33. The third-order valence-electron chi connectivity index (χ3n) is 4.14. The van der Waals surface area contributed by atoms with Crippen LogP contribution in [0.25, 0.3) is 0 Å². The molecule has 1 rings (SSSR count). The number of carbonyl (C=O) groups is 1. The second kappa shape index (κ2) is 4.60. The van der Waals surface area contributed by atoms with Gasteiger partial charge in [-0.3, -0.25) is 4.79 Å². The number of likely N-dealkylation sites (N-methyl/N-ethyl adjacent to an activating group) is 1. The Bertz CT molecular complexity index is 291. The van der Waals surface area contributed by atoms with E-state index in [-0.39, 0.29) is 22.8 Å². The van der Waals surface area contributed by atoms with E-state index in [0.29, 0.717) is 5.92 Å². The first-order valence-electron chi connectivity index (χ1n) is 6.55. The van der Waals surface area contributed by atoms with Gasteiger partial charge in [-0.05, 0) is 23.8 Å². The lowest BCUT2D eigenvalue weighted by atomic mass is 9.83. The number of hydrogen-bond acceptors (Lipinski definition) is 2. The van der Waals surface area contributed by atoms with Gasteiger partial charge < -0.3 is 10.2 Å². The average Bonchev–Trinajstić information content (AvgIpc) is 2.40. The van der Waals surface area contributed by atoms with E-state index in [1.807, 2.05) is 11.9 Å². The number of nitrogens with zero attached hydrogens (tertiary/aromatic N) is 1. The highest BCUT2D eigenvalue weighted by molar-refractivity contribution is 5.83. The highest BCUT2D eigenvalue weighted by Crippen LogP contribution is 2.35. The van der Waals surface area contributed by atoms with Crippen LogP contribution in [0.15, 0.2) is 0 Å². The van der Waals surface area contributed by atoms with E-state index in [1.165, 1.54) is 0 Å². The van der Waals surface area contributed by atoms with Gasteiger partial charge in [0.25, 0.3) is 0 Å². The van der Waals surface area contributed by atoms with Crippen LogP contribution >= 0.6 is 0 Å². The van der Waals surface area contributed by atoms with Gasteiger partial charge in [-0.2, -0.15) is 0 Å². The van der Waals surface area contributed by atoms with E-state index in [4.69, 9.17) is 0 Å². The Morgan fingerprint density at radius 3 is 2.24 bits per heavy atom. The first-order valence-corrected chi connectivity index (χ1v) is 6.55. The van der Waals surface area contributed by atoms with Crippen molar-refractivity contribution >= 4 is 5.91 Å². The molecule has 2 unspecified atom stereocenters. The molecule has 3 nitrogen and oxygen atoms in total. The molecule has 17 heavy (non-hydrogen) atoms. The number of rotatable bonds is 2. The summed E-state index contributed by atoms with van der Waals surface area (Å²) in [6, 6.07) is -0.0939. The molecule has 100 valence electrons. The lowest BCUT2D eigenvalue weighted by Crippen LogP contribution is -2.51. The van der Waals surface area contributed by atoms with Gasteiger partial charge in [0, 0.05) is 13.1 Å². The monoisotopic (exact) mass is 240 g/mol. The molecule has 1 aliphatic rings. The number of carbonyl (C=O) groups excluding carboxylic acids is 1. The van der Waals surface area contributed by atoms with Gasteiger partial charge in [-0.25, -0.2) is 0 Å². The molecule has 1 saturated heterocycles. The largest absolute Gasteiger partial charge is 0.340 e. The van der Waals surface area contributed by atoms with Crippen molar-refractivity contribution in [2.24, 2.45) is 16.7 Å². The van der Waals surface area contributed by atoms with Crippen LogP contribution in [0.1, 0.15) is 41.5 Å².